The smallest absolute Gasteiger partial charge is 0.339 e. The van der Waals surface area contributed by atoms with E-state index in [1.54, 1.807) is 0 Å². The number of hydrogen-bond acceptors (Lipinski definition) is 2. The maximum absolute atomic E-state index is 12.3. The van der Waals surface area contributed by atoms with Crippen LogP contribution in [-0.4, -0.2) is 9.97 Å². The van der Waals surface area contributed by atoms with Crippen LogP contribution in [0.3, 0.4) is 0 Å². The Bertz CT molecular complexity index is 406. The van der Waals surface area contributed by atoms with Gasteiger partial charge in [0.25, 0.3) is 0 Å². The Labute approximate surface area is 83.2 Å². The molecule has 0 aromatic carbocycles. The molecule has 1 N–H and O–H groups in total. The van der Waals surface area contributed by atoms with Crippen molar-refractivity contribution in [2.24, 2.45) is 0 Å². The molecule has 1 aromatic rings. The molecule has 76 valence electrons. The van der Waals surface area contributed by atoms with E-state index in [4.69, 9.17) is 0 Å². The van der Waals surface area contributed by atoms with E-state index >= 15 is 0 Å². The molecule has 0 unspecified atom stereocenters. The van der Waals surface area contributed by atoms with E-state index in [0.717, 1.165) is 12.8 Å². The fourth-order valence-corrected chi connectivity index (χ4v) is 1.44. The molecule has 1 aliphatic rings. The predicted octanol–water partition coefficient (Wildman–Crippen LogP) is 3.04. The number of alkyl halides is 3. The van der Waals surface area contributed by atoms with E-state index in [1.165, 1.54) is 6.07 Å². The summed E-state index contributed by atoms with van der Waals surface area (Å²) in [4.78, 5) is 5.53. The second-order valence-electron chi connectivity index (χ2n) is 3.30. The molecular formula is C8H7F3N2S. The topological polar surface area (TPSA) is 28.7 Å². The van der Waals surface area contributed by atoms with Gasteiger partial charge in [0, 0.05) is 5.69 Å². The monoisotopic (exact) mass is 220 g/mol. The van der Waals surface area contributed by atoms with E-state index in [9.17, 15) is 13.2 Å². The van der Waals surface area contributed by atoms with Crippen molar-refractivity contribution >= 4 is 12.2 Å². The highest BCUT2D eigenvalue weighted by atomic mass is 32.1. The first-order chi connectivity index (χ1) is 6.47. The molecule has 0 aliphatic heterocycles. The zero-order valence-corrected chi connectivity index (χ0v) is 7.87. The lowest BCUT2D eigenvalue weighted by atomic mass is 10.3. The maximum atomic E-state index is 12.3. The summed E-state index contributed by atoms with van der Waals surface area (Å²) in [5, 5.41) is 0. The van der Waals surface area contributed by atoms with Crippen molar-refractivity contribution in [1.29, 1.82) is 0 Å². The first-order valence-electron chi connectivity index (χ1n) is 4.15. The standard InChI is InChI=1S/C8H7F3N2S/c9-8(10,11)7-12-5(4-1-2-4)3-6(14)13-7/h3-4H,1-2H2,(H,12,13,14). The quantitative estimate of drug-likeness (QED) is 0.737. The largest absolute Gasteiger partial charge is 0.449 e. The number of nitrogens with zero attached hydrogens (tertiary/aromatic N) is 1. The third-order valence-electron chi connectivity index (χ3n) is 2.05. The van der Waals surface area contributed by atoms with Gasteiger partial charge in [-0.05, 0) is 24.8 Å². The molecule has 0 spiro atoms. The summed E-state index contributed by atoms with van der Waals surface area (Å²) in [5.41, 5.74) is 0.553. The first kappa shape index (κ1) is 9.64. The zero-order chi connectivity index (χ0) is 10.3. The van der Waals surface area contributed by atoms with Crippen molar-refractivity contribution in [2.45, 2.75) is 24.9 Å². The molecule has 1 aromatic heterocycles. The highest BCUT2D eigenvalue weighted by Gasteiger charge is 2.35. The van der Waals surface area contributed by atoms with Gasteiger partial charge in [-0.25, -0.2) is 4.98 Å². The highest BCUT2D eigenvalue weighted by molar-refractivity contribution is 7.71. The molecule has 1 heterocycles. The lowest BCUT2D eigenvalue weighted by molar-refractivity contribution is -0.145. The van der Waals surface area contributed by atoms with Crippen LogP contribution in [0.2, 0.25) is 0 Å². The van der Waals surface area contributed by atoms with Crippen molar-refractivity contribution in [3.63, 3.8) is 0 Å². The van der Waals surface area contributed by atoms with E-state index in [0.29, 0.717) is 5.69 Å². The molecule has 2 nitrogen and oxygen atoms in total. The molecule has 14 heavy (non-hydrogen) atoms. The van der Waals surface area contributed by atoms with Gasteiger partial charge in [0.2, 0.25) is 5.82 Å². The van der Waals surface area contributed by atoms with E-state index in [1.807, 2.05) is 0 Å². The molecular weight excluding hydrogens is 213 g/mol. The predicted molar refractivity (Wildman–Crippen MR) is 46.4 cm³/mol. The normalized spacial score (nSPS) is 17.1. The van der Waals surface area contributed by atoms with Gasteiger partial charge in [-0.15, -0.1) is 0 Å². The molecule has 0 bridgehead atoms. The summed E-state index contributed by atoms with van der Waals surface area (Å²) in [6, 6.07) is 1.50. The van der Waals surface area contributed by atoms with Crippen molar-refractivity contribution < 1.29 is 13.2 Å². The van der Waals surface area contributed by atoms with Gasteiger partial charge in [0.15, 0.2) is 0 Å². The van der Waals surface area contributed by atoms with Gasteiger partial charge in [-0.2, -0.15) is 13.2 Å². The Hall–Kier alpha value is -0.910. The summed E-state index contributed by atoms with van der Waals surface area (Å²) in [6.07, 6.45) is -2.60. The van der Waals surface area contributed by atoms with Crippen molar-refractivity contribution in [1.82, 2.24) is 9.97 Å². The molecule has 2 rings (SSSR count). The molecule has 1 aliphatic carbocycles. The highest BCUT2D eigenvalue weighted by Crippen LogP contribution is 2.39. The minimum atomic E-state index is -4.45. The summed E-state index contributed by atoms with van der Waals surface area (Å²) in [7, 11) is 0. The van der Waals surface area contributed by atoms with Crippen LogP contribution >= 0.6 is 12.2 Å². The third kappa shape index (κ3) is 1.95. The molecule has 1 saturated carbocycles. The molecule has 1 fully saturated rings. The third-order valence-corrected chi connectivity index (χ3v) is 2.26. The van der Waals surface area contributed by atoms with E-state index < -0.39 is 12.0 Å². The Morgan fingerprint density at radius 3 is 2.57 bits per heavy atom. The van der Waals surface area contributed by atoms with Crippen molar-refractivity contribution in [3.05, 3.63) is 22.2 Å². The summed E-state index contributed by atoms with van der Waals surface area (Å²) >= 11 is 4.67. The fraction of sp³-hybridized carbons (Fsp3) is 0.500. The van der Waals surface area contributed by atoms with Gasteiger partial charge in [0.05, 0.1) is 0 Å². The van der Waals surface area contributed by atoms with Crippen LogP contribution in [0, 0.1) is 4.64 Å². The number of aromatic nitrogens is 2. The Morgan fingerprint density at radius 2 is 2.07 bits per heavy atom. The maximum Gasteiger partial charge on any atom is 0.449 e. The molecule has 0 amide bonds. The van der Waals surface area contributed by atoms with Gasteiger partial charge >= 0.3 is 6.18 Å². The van der Waals surface area contributed by atoms with Crippen molar-refractivity contribution in [2.75, 3.05) is 0 Å². The number of halogens is 3. The number of rotatable bonds is 1. The number of aromatic amines is 1. The molecule has 0 radical (unpaired) electrons. The van der Waals surface area contributed by atoms with Gasteiger partial charge in [0.1, 0.15) is 4.64 Å². The minimum absolute atomic E-state index is 0.00187. The molecule has 6 heteroatoms. The summed E-state index contributed by atoms with van der Waals surface area (Å²) in [6.45, 7) is 0. The number of nitrogens with one attached hydrogen (secondary N) is 1. The van der Waals surface area contributed by atoms with Crippen LogP contribution in [0.1, 0.15) is 30.3 Å². The minimum Gasteiger partial charge on any atom is -0.339 e. The number of hydrogen-bond donors (Lipinski definition) is 1. The van der Waals surface area contributed by atoms with Crippen LogP contribution in [0.5, 0.6) is 0 Å². The summed E-state index contributed by atoms with van der Waals surface area (Å²) < 4.78 is 36.9. The van der Waals surface area contributed by atoms with Crippen molar-refractivity contribution in [3.8, 4) is 0 Å². The molecule has 0 atom stereocenters. The van der Waals surface area contributed by atoms with Crippen LogP contribution in [0.25, 0.3) is 0 Å². The fourth-order valence-electron chi connectivity index (χ4n) is 1.22. The number of H-pyrrole nitrogens is 1. The SMILES string of the molecule is FC(F)(F)c1nc(=S)cc(C2CC2)[nH]1. The van der Waals surface area contributed by atoms with Crippen LogP contribution < -0.4 is 0 Å². The van der Waals surface area contributed by atoms with Gasteiger partial charge < -0.3 is 4.98 Å². The lowest BCUT2D eigenvalue weighted by Gasteiger charge is -2.07. The van der Waals surface area contributed by atoms with Crippen LogP contribution in [0.15, 0.2) is 6.07 Å². The first-order valence-corrected chi connectivity index (χ1v) is 4.56. The summed E-state index contributed by atoms with van der Waals surface area (Å²) in [5.74, 6) is -0.785. The average molecular weight is 220 g/mol. The Kier molecular flexibility index (Phi) is 2.10. The zero-order valence-electron chi connectivity index (χ0n) is 7.06. The second-order valence-corrected chi connectivity index (χ2v) is 3.71. The van der Waals surface area contributed by atoms with Gasteiger partial charge in [-0.3, -0.25) is 0 Å². The second kappa shape index (κ2) is 3.05. The van der Waals surface area contributed by atoms with Gasteiger partial charge in [-0.1, -0.05) is 12.2 Å². The van der Waals surface area contributed by atoms with Crippen LogP contribution in [0.4, 0.5) is 13.2 Å². The average Bonchev–Trinajstić information content (AvgIpc) is 2.83. The lowest BCUT2D eigenvalue weighted by Crippen LogP contribution is -2.12. The van der Waals surface area contributed by atoms with E-state index in [2.05, 4.69) is 22.2 Å². The Morgan fingerprint density at radius 1 is 1.43 bits per heavy atom. The Balaban J connectivity index is 2.46. The van der Waals surface area contributed by atoms with Crippen LogP contribution in [-0.2, 0) is 6.18 Å². The van der Waals surface area contributed by atoms with E-state index in [-0.39, 0.29) is 10.6 Å². The molecule has 0 saturated heterocycles.